The van der Waals surface area contributed by atoms with Gasteiger partial charge >= 0.3 is 0 Å². The second kappa shape index (κ2) is 6.28. The molecule has 0 aromatic heterocycles. The van der Waals surface area contributed by atoms with Crippen LogP contribution in [0.3, 0.4) is 0 Å². The number of hydrogen-bond acceptors (Lipinski definition) is 2. The lowest BCUT2D eigenvalue weighted by atomic mass is 10.1. The number of benzene rings is 2. The summed E-state index contributed by atoms with van der Waals surface area (Å²) in [6.07, 6.45) is 0. The van der Waals surface area contributed by atoms with Crippen LogP contribution in [0.2, 0.25) is 5.02 Å². The van der Waals surface area contributed by atoms with E-state index in [-0.39, 0.29) is 18.1 Å². The van der Waals surface area contributed by atoms with Crippen LogP contribution in [0.25, 0.3) is 0 Å². The fourth-order valence-electron chi connectivity index (χ4n) is 1.71. The zero-order chi connectivity index (χ0) is 13.8. The van der Waals surface area contributed by atoms with Gasteiger partial charge in [-0.05, 0) is 24.3 Å². The quantitative estimate of drug-likeness (QED) is 0.941. The molecule has 0 aliphatic heterocycles. The van der Waals surface area contributed by atoms with Crippen LogP contribution in [0.15, 0.2) is 47.4 Å². The minimum atomic E-state index is -1.30. The van der Waals surface area contributed by atoms with E-state index in [2.05, 4.69) is 0 Å². The van der Waals surface area contributed by atoms with Gasteiger partial charge in [-0.15, -0.1) is 0 Å². The predicted octanol–water partition coefficient (Wildman–Crippen LogP) is 3.25. The smallest absolute Gasteiger partial charge is 0.131 e. The highest BCUT2D eigenvalue weighted by Gasteiger charge is 2.11. The Morgan fingerprint density at radius 3 is 2.37 bits per heavy atom. The minimum absolute atomic E-state index is 0.126. The Labute approximate surface area is 118 Å². The lowest BCUT2D eigenvalue weighted by Gasteiger charge is -2.07. The first-order valence-electron chi connectivity index (χ1n) is 5.72. The molecule has 2 N–H and O–H groups in total. The highest BCUT2D eigenvalue weighted by Crippen LogP contribution is 2.19. The van der Waals surface area contributed by atoms with Crippen LogP contribution in [0.1, 0.15) is 11.1 Å². The maximum absolute atomic E-state index is 14.0. The van der Waals surface area contributed by atoms with Crippen molar-refractivity contribution in [1.29, 1.82) is 0 Å². The summed E-state index contributed by atoms with van der Waals surface area (Å²) in [6.45, 7) is 0.132. The lowest BCUT2D eigenvalue weighted by molar-refractivity contribution is 0.598. The third-order valence-corrected chi connectivity index (χ3v) is 4.36. The molecule has 0 saturated heterocycles. The van der Waals surface area contributed by atoms with Gasteiger partial charge in [-0.3, -0.25) is 4.21 Å². The van der Waals surface area contributed by atoms with Crippen molar-refractivity contribution in [3.63, 3.8) is 0 Å². The molecule has 2 aromatic carbocycles. The van der Waals surface area contributed by atoms with Crippen LogP contribution >= 0.6 is 11.6 Å². The first kappa shape index (κ1) is 14.2. The highest BCUT2D eigenvalue weighted by atomic mass is 35.5. The monoisotopic (exact) mass is 297 g/mol. The van der Waals surface area contributed by atoms with Crippen molar-refractivity contribution in [3.8, 4) is 0 Å². The fourth-order valence-corrected chi connectivity index (χ4v) is 2.95. The van der Waals surface area contributed by atoms with Crippen LogP contribution < -0.4 is 5.73 Å². The standard InChI is InChI=1S/C14H13ClFNOS/c15-12-4-6-13(7-5-12)19(18)9-11-3-1-2-10(8-17)14(11)16/h1-7H,8-9,17H2. The normalized spacial score (nSPS) is 12.4. The summed E-state index contributed by atoms with van der Waals surface area (Å²) in [5, 5.41) is 0.581. The Bertz CT molecular complexity index is 601. The van der Waals surface area contributed by atoms with E-state index in [0.29, 0.717) is 21.0 Å². The van der Waals surface area contributed by atoms with Crippen molar-refractivity contribution in [2.24, 2.45) is 5.73 Å². The zero-order valence-electron chi connectivity index (χ0n) is 10.1. The molecular formula is C14H13ClFNOS. The lowest BCUT2D eigenvalue weighted by Crippen LogP contribution is -2.05. The van der Waals surface area contributed by atoms with Crippen molar-refractivity contribution in [2.45, 2.75) is 17.2 Å². The summed E-state index contributed by atoms with van der Waals surface area (Å²) in [6, 6.07) is 11.7. The molecule has 1 unspecified atom stereocenters. The summed E-state index contributed by atoms with van der Waals surface area (Å²) >= 11 is 5.77. The van der Waals surface area contributed by atoms with Crippen LogP contribution in [0.4, 0.5) is 4.39 Å². The van der Waals surface area contributed by atoms with Gasteiger partial charge in [0.1, 0.15) is 5.82 Å². The molecule has 0 aliphatic carbocycles. The summed E-state index contributed by atoms with van der Waals surface area (Å²) in [5.74, 6) is -0.242. The van der Waals surface area contributed by atoms with E-state index in [0.717, 1.165) is 0 Å². The first-order valence-corrected chi connectivity index (χ1v) is 7.42. The predicted molar refractivity (Wildman–Crippen MR) is 75.9 cm³/mol. The SMILES string of the molecule is NCc1cccc(CS(=O)c2ccc(Cl)cc2)c1F. The van der Waals surface area contributed by atoms with E-state index < -0.39 is 10.8 Å². The summed E-state index contributed by atoms with van der Waals surface area (Å²) in [4.78, 5) is 0.627. The average molecular weight is 298 g/mol. The minimum Gasteiger partial charge on any atom is -0.326 e. The fraction of sp³-hybridized carbons (Fsp3) is 0.143. The van der Waals surface area contributed by atoms with E-state index in [9.17, 15) is 8.60 Å². The Kier molecular flexibility index (Phi) is 4.69. The number of nitrogens with two attached hydrogens (primary N) is 1. The molecular weight excluding hydrogens is 285 g/mol. The largest absolute Gasteiger partial charge is 0.326 e. The Morgan fingerprint density at radius 2 is 1.74 bits per heavy atom. The van der Waals surface area contributed by atoms with Gasteiger partial charge in [0.2, 0.25) is 0 Å². The third kappa shape index (κ3) is 3.41. The summed E-state index contributed by atoms with van der Waals surface area (Å²) in [7, 11) is -1.30. The van der Waals surface area contributed by atoms with Crippen molar-refractivity contribution in [1.82, 2.24) is 0 Å². The van der Waals surface area contributed by atoms with Gasteiger partial charge in [0.05, 0.1) is 16.6 Å². The molecule has 0 amide bonds. The van der Waals surface area contributed by atoms with Crippen molar-refractivity contribution in [3.05, 3.63) is 64.4 Å². The molecule has 2 nitrogen and oxygen atoms in total. The van der Waals surface area contributed by atoms with Crippen molar-refractivity contribution >= 4 is 22.4 Å². The van der Waals surface area contributed by atoms with Crippen molar-refractivity contribution < 1.29 is 8.60 Å². The highest BCUT2D eigenvalue weighted by molar-refractivity contribution is 7.84. The van der Waals surface area contributed by atoms with Gasteiger partial charge in [0, 0.05) is 27.6 Å². The van der Waals surface area contributed by atoms with Crippen molar-refractivity contribution in [2.75, 3.05) is 0 Å². The van der Waals surface area contributed by atoms with Crippen LogP contribution in [0.5, 0.6) is 0 Å². The number of hydrogen-bond donors (Lipinski definition) is 1. The van der Waals surface area contributed by atoms with Gasteiger partial charge in [0.25, 0.3) is 0 Å². The summed E-state index contributed by atoms with van der Waals surface area (Å²) in [5.41, 5.74) is 6.30. The van der Waals surface area contributed by atoms with Gasteiger partial charge in [-0.1, -0.05) is 29.8 Å². The van der Waals surface area contributed by atoms with Gasteiger partial charge < -0.3 is 5.73 Å². The van der Waals surface area contributed by atoms with Gasteiger partial charge in [-0.25, -0.2) is 4.39 Å². The van der Waals surface area contributed by atoms with E-state index in [1.54, 1.807) is 42.5 Å². The molecule has 0 bridgehead atoms. The molecule has 2 rings (SSSR count). The molecule has 0 saturated carbocycles. The second-order valence-corrected chi connectivity index (χ2v) is 5.93. The Balaban J connectivity index is 2.21. The van der Waals surface area contributed by atoms with E-state index >= 15 is 0 Å². The number of rotatable bonds is 4. The molecule has 0 heterocycles. The number of halogens is 2. The first-order chi connectivity index (χ1) is 9.11. The second-order valence-electron chi connectivity index (χ2n) is 4.04. The maximum atomic E-state index is 14.0. The van der Waals surface area contributed by atoms with Crippen LogP contribution in [-0.4, -0.2) is 4.21 Å². The third-order valence-electron chi connectivity index (χ3n) is 2.74. The molecule has 1 atom stereocenters. The van der Waals surface area contributed by atoms with Gasteiger partial charge in [-0.2, -0.15) is 0 Å². The molecule has 2 aromatic rings. The topological polar surface area (TPSA) is 43.1 Å². The molecule has 0 aliphatic rings. The van der Waals surface area contributed by atoms with E-state index in [1.165, 1.54) is 0 Å². The zero-order valence-corrected chi connectivity index (χ0v) is 11.7. The van der Waals surface area contributed by atoms with Crippen LogP contribution in [0, 0.1) is 5.82 Å². The maximum Gasteiger partial charge on any atom is 0.131 e. The molecule has 5 heteroatoms. The van der Waals surface area contributed by atoms with Gasteiger partial charge in [0.15, 0.2) is 0 Å². The molecule has 0 spiro atoms. The summed E-state index contributed by atoms with van der Waals surface area (Å²) < 4.78 is 26.1. The molecule has 0 radical (unpaired) electrons. The van der Waals surface area contributed by atoms with E-state index in [4.69, 9.17) is 17.3 Å². The van der Waals surface area contributed by atoms with Crippen LogP contribution in [-0.2, 0) is 23.1 Å². The molecule has 0 fully saturated rings. The molecule has 100 valence electrons. The molecule has 19 heavy (non-hydrogen) atoms. The Morgan fingerprint density at radius 1 is 1.11 bits per heavy atom. The van der Waals surface area contributed by atoms with E-state index in [1.807, 2.05) is 0 Å². The Hall–Kier alpha value is -1.23. The average Bonchev–Trinajstić information content (AvgIpc) is 2.42.